The van der Waals surface area contributed by atoms with Crippen molar-refractivity contribution in [2.75, 3.05) is 18.6 Å². The summed E-state index contributed by atoms with van der Waals surface area (Å²) in [5.74, 6) is -0.132. The SMILES string of the molecule is COc1ccc([C@H](C)N2CCC(C(F)(F)F)n3c2nc(O)cc3=O)cc1. The van der Waals surface area contributed by atoms with Gasteiger partial charge in [0.1, 0.15) is 11.8 Å². The number of halogens is 3. The van der Waals surface area contributed by atoms with Crippen LogP contribution in [0.3, 0.4) is 0 Å². The van der Waals surface area contributed by atoms with E-state index in [1.54, 1.807) is 36.1 Å². The number of ether oxygens (including phenoxy) is 1. The summed E-state index contributed by atoms with van der Waals surface area (Å²) in [7, 11) is 1.54. The van der Waals surface area contributed by atoms with Gasteiger partial charge in [0.2, 0.25) is 11.8 Å². The molecule has 0 fully saturated rings. The molecule has 0 saturated carbocycles. The van der Waals surface area contributed by atoms with Gasteiger partial charge in [-0.2, -0.15) is 18.2 Å². The maximum Gasteiger partial charge on any atom is 0.409 e. The number of fused-ring (bicyclic) bond motifs is 1. The van der Waals surface area contributed by atoms with Crippen LogP contribution in [0.1, 0.15) is 31.0 Å². The van der Waals surface area contributed by atoms with E-state index in [1.165, 1.54) is 7.11 Å². The highest BCUT2D eigenvalue weighted by molar-refractivity contribution is 5.42. The van der Waals surface area contributed by atoms with Crippen LogP contribution in [0.2, 0.25) is 0 Å². The molecule has 1 aromatic carbocycles. The Balaban J connectivity index is 2.05. The van der Waals surface area contributed by atoms with Gasteiger partial charge in [-0.15, -0.1) is 0 Å². The fourth-order valence-electron chi connectivity index (χ4n) is 3.19. The molecule has 140 valence electrons. The zero-order valence-electron chi connectivity index (χ0n) is 14.2. The van der Waals surface area contributed by atoms with Gasteiger partial charge in [0.15, 0.2) is 0 Å². The molecule has 2 aromatic rings. The maximum absolute atomic E-state index is 13.4. The molecule has 0 radical (unpaired) electrons. The highest BCUT2D eigenvalue weighted by Crippen LogP contribution is 2.40. The van der Waals surface area contributed by atoms with Crippen LogP contribution in [0.5, 0.6) is 11.6 Å². The first kappa shape index (κ1) is 18.1. The second kappa shape index (κ2) is 6.54. The summed E-state index contributed by atoms with van der Waals surface area (Å²) >= 11 is 0. The third-order valence-electron chi connectivity index (χ3n) is 4.58. The van der Waals surface area contributed by atoms with Crippen LogP contribution in [0.4, 0.5) is 19.1 Å². The largest absolute Gasteiger partial charge is 0.497 e. The Kier molecular flexibility index (Phi) is 4.55. The van der Waals surface area contributed by atoms with Crippen LogP contribution in [-0.4, -0.2) is 34.5 Å². The molecule has 1 aliphatic heterocycles. The lowest BCUT2D eigenvalue weighted by Crippen LogP contribution is -2.46. The van der Waals surface area contributed by atoms with Gasteiger partial charge in [0, 0.05) is 6.54 Å². The van der Waals surface area contributed by atoms with Gasteiger partial charge < -0.3 is 14.7 Å². The Morgan fingerprint density at radius 3 is 2.54 bits per heavy atom. The Labute approximate surface area is 147 Å². The predicted molar refractivity (Wildman–Crippen MR) is 88.6 cm³/mol. The molecule has 2 atom stereocenters. The van der Waals surface area contributed by atoms with E-state index in [4.69, 9.17) is 4.74 Å². The lowest BCUT2D eigenvalue weighted by Gasteiger charge is -2.39. The first-order valence-electron chi connectivity index (χ1n) is 8.02. The minimum absolute atomic E-state index is 0.0489. The zero-order chi connectivity index (χ0) is 19.1. The summed E-state index contributed by atoms with van der Waals surface area (Å²) < 4.78 is 45.8. The normalized spacial score (nSPS) is 18.3. The number of nitrogens with zero attached hydrogens (tertiary/aromatic N) is 3. The molecule has 0 amide bonds. The predicted octanol–water partition coefficient (Wildman–Crippen LogP) is 3.03. The quantitative estimate of drug-likeness (QED) is 0.901. The average molecular weight is 369 g/mol. The van der Waals surface area contributed by atoms with Gasteiger partial charge in [-0.25, -0.2) is 0 Å². The molecule has 3 rings (SSSR count). The van der Waals surface area contributed by atoms with Crippen molar-refractivity contribution in [2.45, 2.75) is 31.6 Å². The molecule has 0 bridgehead atoms. The summed E-state index contributed by atoms with van der Waals surface area (Å²) in [5, 5.41) is 9.65. The minimum atomic E-state index is -4.58. The first-order valence-corrected chi connectivity index (χ1v) is 8.02. The molecule has 2 heterocycles. The van der Waals surface area contributed by atoms with Crippen LogP contribution in [0.15, 0.2) is 35.1 Å². The van der Waals surface area contributed by atoms with E-state index in [-0.39, 0.29) is 25.0 Å². The van der Waals surface area contributed by atoms with E-state index >= 15 is 0 Å². The van der Waals surface area contributed by atoms with Crippen molar-refractivity contribution in [3.8, 4) is 11.6 Å². The van der Waals surface area contributed by atoms with E-state index in [0.717, 1.165) is 5.56 Å². The van der Waals surface area contributed by atoms with E-state index in [0.29, 0.717) is 16.4 Å². The van der Waals surface area contributed by atoms with Crippen LogP contribution < -0.4 is 15.2 Å². The number of rotatable bonds is 3. The van der Waals surface area contributed by atoms with E-state index in [2.05, 4.69) is 4.98 Å². The second-order valence-electron chi connectivity index (χ2n) is 6.11. The van der Waals surface area contributed by atoms with E-state index < -0.39 is 23.7 Å². The Morgan fingerprint density at radius 2 is 1.96 bits per heavy atom. The molecular weight excluding hydrogens is 351 g/mol. The Hall–Kier alpha value is -2.71. The van der Waals surface area contributed by atoms with Gasteiger partial charge in [0.05, 0.1) is 19.2 Å². The first-order chi connectivity index (χ1) is 12.2. The molecule has 6 nitrogen and oxygen atoms in total. The maximum atomic E-state index is 13.4. The third-order valence-corrected chi connectivity index (χ3v) is 4.58. The minimum Gasteiger partial charge on any atom is -0.497 e. The number of hydrogen-bond donors (Lipinski definition) is 1. The number of benzene rings is 1. The highest BCUT2D eigenvalue weighted by atomic mass is 19.4. The topological polar surface area (TPSA) is 67.6 Å². The third kappa shape index (κ3) is 3.21. The van der Waals surface area contributed by atoms with Crippen molar-refractivity contribution < 1.29 is 23.0 Å². The zero-order valence-corrected chi connectivity index (χ0v) is 14.2. The van der Waals surface area contributed by atoms with E-state index in [1.807, 2.05) is 0 Å². The van der Waals surface area contributed by atoms with Gasteiger partial charge in [0.25, 0.3) is 5.56 Å². The summed E-state index contributed by atoms with van der Waals surface area (Å²) in [6.07, 6.45) is -4.85. The Morgan fingerprint density at radius 1 is 1.31 bits per heavy atom. The van der Waals surface area contributed by atoms with Gasteiger partial charge in [-0.1, -0.05) is 12.1 Å². The summed E-state index contributed by atoms with van der Waals surface area (Å²) in [6, 6.07) is 5.47. The molecular formula is C17H18F3N3O3. The fourth-order valence-corrected chi connectivity index (χ4v) is 3.19. The number of anilines is 1. The number of hydrogen-bond acceptors (Lipinski definition) is 5. The highest BCUT2D eigenvalue weighted by Gasteiger charge is 2.46. The number of aromatic nitrogens is 2. The molecule has 1 unspecified atom stereocenters. The fraction of sp³-hybridized carbons (Fsp3) is 0.412. The second-order valence-corrected chi connectivity index (χ2v) is 6.11. The monoisotopic (exact) mass is 369 g/mol. The number of alkyl halides is 3. The van der Waals surface area contributed by atoms with Gasteiger partial charge in [-0.05, 0) is 31.0 Å². The summed E-state index contributed by atoms with van der Waals surface area (Å²) in [4.78, 5) is 17.6. The van der Waals surface area contributed by atoms with E-state index in [9.17, 15) is 23.1 Å². The van der Waals surface area contributed by atoms with Crippen LogP contribution in [-0.2, 0) is 0 Å². The lowest BCUT2D eigenvalue weighted by atomic mass is 10.0. The van der Waals surface area contributed by atoms with Crippen LogP contribution >= 0.6 is 0 Å². The standard InChI is InChI=1S/C17H18F3N3O3/c1-10(11-3-5-12(26-2)6-4-11)22-8-7-13(17(18,19)20)23-15(25)9-14(24)21-16(22)23/h3-6,9-10,13,24H,7-8H2,1-2H3/t10-,13?/m0/s1. The van der Waals surface area contributed by atoms with Gasteiger partial charge in [-0.3, -0.25) is 9.36 Å². The van der Waals surface area contributed by atoms with Crippen molar-refractivity contribution in [3.63, 3.8) is 0 Å². The molecule has 1 aromatic heterocycles. The van der Waals surface area contributed by atoms with Gasteiger partial charge >= 0.3 is 6.18 Å². The molecule has 0 spiro atoms. The lowest BCUT2D eigenvalue weighted by molar-refractivity contribution is -0.171. The summed E-state index contributed by atoms with van der Waals surface area (Å²) in [5.41, 5.74) is -0.109. The molecule has 0 saturated heterocycles. The van der Waals surface area contributed by atoms with Crippen molar-refractivity contribution in [3.05, 3.63) is 46.2 Å². The van der Waals surface area contributed by atoms with Crippen molar-refractivity contribution in [2.24, 2.45) is 0 Å². The number of aromatic hydroxyl groups is 1. The van der Waals surface area contributed by atoms with Crippen LogP contribution in [0, 0.1) is 0 Å². The molecule has 9 heteroatoms. The van der Waals surface area contributed by atoms with Crippen molar-refractivity contribution >= 4 is 5.95 Å². The molecule has 1 aliphatic rings. The Bertz CT molecular complexity index is 849. The van der Waals surface area contributed by atoms with Crippen LogP contribution in [0.25, 0.3) is 0 Å². The molecule has 1 N–H and O–H groups in total. The molecule has 26 heavy (non-hydrogen) atoms. The summed E-state index contributed by atoms with van der Waals surface area (Å²) in [6.45, 7) is 1.85. The van der Waals surface area contributed by atoms with Crippen molar-refractivity contribution in [1.29, 1.82) is 0 Å². The smallest absolute Gasteiger partial charge is 0.409 e. The molecule has 0 aliphatic carbocycles. The van der Waals surface area contributed by atoms with Crippen molar-refractivity contribution in [1.82, 2.24) is 9.55 Å². The number of methoxy groups -OCH3 is 1. The average Bonchev–Trinajstić information content (AvgIpc) is 2.59.